The van der Waals surface area contributed by atoms with Crippen LogP contribution in [0.25, 0.3) is 0 Å². The summed E-state index contributed by atoms with van der Waals surface area (Å²) in [7, 11) is 0. The average Bonchev–Trinajstić information content (AvgIpc) is 2.90. The number of nitrogens with one attached hydrogen (secondary N) is 2. The van der Waals surface area contributed by atoms with Crippen LogP contribution in [-0.4, -0.2) is 35.5 Å². The summed E-state index contributed by atoms with van der Waals surface area (Å²) in [4.78, 5) is 26.1. The fourth-order valence-corrected chi connectivity index (χ4v) is 2.66. The molecular weight excluding hydrogens is 334 g/mol. The average molecular weight is 354 g/mol. The minimum atomic E-state index is -0.372. The number of hydrogen-bond acceptors (Lipinski definition) is 2. The summed E-state index contributed by atoms with van der Waals surface area (Å²) in [5.41, 5.74) is 0.720. The molecule has 3 amide bonds. The first-order valence-corrected chi connectivity index (χ1v) is 7.90. The molecule has 6 heteroatoms. The number of carbonyl (C=O) groups excluding carboxylic acids is 2. The highest BCUT2D eigenvalue weighted by Crippen LogP contribution is 2.20. The number of anilines is 1. The fourth-order valence-electron chi connectivity index (χ4n) is 2.39. The Morgan fingerprint density at radius 3 is 2.57 bits per heavy atom. The van der Waals surface area contributed by atoms with Gasteiger partial charge in [0.15, 0.2) is 0 Å². The Hall–Kier alpha value is -1.56. The molecular formula is C15H20BrN3O2. The molecule has 1 heterocycles. The SMILES string of the molecule is CC(C)NC(=O)C1CCCN1C(=O)Nc1ccc(Br)cc1. The number of hydrogen-bond donors (Lipinski definition) is 2. The maximum Gasteiger partial charge on any atom is 0.322 e. The van der Waals surface area contributed by atoms with E-state index in [0.717, 1.165) is 16.6 Å². The second-order valence-corrected chi connectivity index (χ2v) is 6.37. The van der Waals surface area contributed by atoms with Gasteiger partial charge in [-0.1, -0.05) is 15.9 Å². The van der Waals surface area contributed by atoms with Crippen LogP contribution in [0.1, 0.15) is 26.7 Å². The first-order chi connectivity index (χ1) is 9.97. The number of halogens is 1. The first kappa shape index (κ1) is 15.8. The fraction of sp³-hybridized carbons (Fsp3) is 0.467. The molecule has 1 aromatic carbocycles. The van der Waals surface area contributed by atoms with Gasteiger partial charge in [0, 0.05) is 22.7 Å². The zero-order valence-electron chi connectivity index (χ0n) is 12.2. The van der Waals surface area contributed by atoms with Crippen LogP contribution in [0.3, 0.4) is 0 Å². The lowest BCUT2D eigenvalue weighted by molar-refractivity contribution is -0.125. The third kappa shape index (κ3) is 4.20. The number of amides is 3. The van der Waals surface area contributed by atoms with Gasteiger partial charge in [0.2, 0.25) is 5.91 Å². The van der Waals surface area contributed by atoms with Gasteiger partial charge in [-0.05, 0) is 51.0 Å². The monoisotopic (exact) mass is 353 g/mol. The molecule has 0 radical (unpaired) electrons. The molecule has 5 nitrogen and oxygen atoms in total. The lowest BCUT2D eigenvalue weighted by Crippen LogP contribution is -2.48. The Morgan fingerprint density at radius 1 is 1.29 bits per heavy atom. The van der Waals surface area contributed by atoms with E-state index in [0.29, 0.717) is 13.0 Å². The van der Waals surface area contributed by atoms with E-state index in [1.165, 1.54) is 0 Å². The van der Waals surface area contributed by atoms with Crippen LogP contribution in [0.2, 0.25) is 0 Å². The standard InChI is InChI=1S/C15H20BrN3O2/c1-10(2)17-14(20)13-4-3-9-19(13)15(21)18-12-7-5-11(16)6-8-12/h5-8,10,13H,3-4,9H2,1-2H3,(H,17,20)(H,18,21). The molecule has 1 aliphatic heterocycles. The third-order valence-corrected chi connectivity index (χ3v) is 3.87. The van der Waals surface area contributed by atoms with Crippen LogP contribution in [0.4, 0.5) is 10.5 Å². The Bertz CT molecular complexity index is 516. The van der Waals surface area contributed by atoms with E-state index >= 15 is 0 Å². The number of urea groups is 1. The van der Waals surface area contributed by atoms with Gasteiger partial charge in [0.1, 0.15) is 6.04 Å². The quantitative estimate of drug-likeness (QED) is 0.877. The summed E-state index contributed by atoms with van der Waals surface area (Å²) in [6.45, 7) is 4.44. The Morgan fingerprint density at radius 2 is 1.95 bits per heavy atom. The lowest BCUT2D eigenvalue weighted by Gasteiger charge is -2.25. The molecule has 2 rings (SSSR count). The minimum Gasteiger partial charge on any atom is -0.352 e. The van der Waals surface area contributed by atoms with E-state index in [9.17, 15) is 9.59 Å². The van der Waals surface area contributed by atoms with Crippen molar-refractivity contribution in [3.05, 3.63) is 28.7 Å². The second-order valence-electron chi connectivity index (χ2n) is 5.45. The van der Waals surface area contributed by atoms with Crippen LogP contribution in [-0.2, 0) is 4.79 Å². The smallest absolute Gasteiger partial charge is 0.322 e. The number of nitrogens with zero attached hydrogens (tertiary/aromatic N) is 1. The largest absolute Gasteiger partial charge is 0.352 e. The molecule has 2 N–H and O–H groups in total. The summed E-state index contributed by atoms with van der Waals surface area (Å²) in [6, 6.07) is 6.85. The Labute approximate surface area is 133 Å². The van der Waals surface area contributed by atoms with Crippen molar-refractivity contribution in [1.29, 1.82) is 0 Å². The van der Waals surface area contributed by atoms with Crippen LogP contribution in [0, 0.1) is 0 Å². The predicted octanol–water partition coefficient (Wildman–Crippen LogP) is 2.97. The van der Waals surface area contributed by atoms with Crippen molar-refractivity contribution in [3.63, 3.8) is 0 Å². The van der Waals surface area contributed by atoms with Crippen LogP contribution in [0.5, 0.6) is 0 Å². The van der Waals surface area contributed by atoms with Gasteiger partial charge in [0.25, 0.3) is 0 Å². The van der Waals surface area contributed by atoms with E-state index in [-0.39, 0.29) is 24.0 Å². The van der Waals surface area contributed by atoms with Crippen LogP contribution < -0.4 is 10.6 Å². The molecule has 21 heavy (non-hydrogen) atoms. The van der Waals surface area contributed by atoms with E-state index in [2.05, 4.69) is 26.6 Å². The molecule has 1 atom stereocenters. The van der Waals surface area contributed by atoms with E-state index in [1.807, 2.05) is 38.1 Å². The van der Waals surface area contributed by atoms with E-state index in [1.54, 1.807) is 4.90 Å². The number of carbonyl (C=O) groups is 2. The third-order valence-electron chi connectivity index (χ3n) is 3.34. The van der Waals surface area contributed by atoms with Gasteiger partial charge in [-0.25, -0.2) is 4.79 Å². The van der Waals surface area contributed by atoms with Crippen molar-refractivity contribution in [1.82, 2.24) is 10.2 Å². The molecule has 0 bridgehead atoms. The van der Waals surface area contributed by atoms with Gasteiger partial charge in [-0.3, -0.25) is 4.79 Å². The van der Waals surface area contributed by atoms with Gasteiger partial charge in [-0.15, -0.1) is 0 Å². The maximum atomic E-state index is 12.3. The molecule has 0 aliphatic carbocycles. The highest BCUT2D eigenvalue weighted by molar-refractivity contribution is 9.10. The van der Waals surface area contributed by atoms with Crippen LogP contribution >= 0.6 is 15.9 Å². The van der Waals surface area contributed by atoms with Gasteiger partial charge in [0.05, 0.1) is 0 Å². The van der Waals surface area contributed by atoms with Gasteiger partial charge >= 0.3 is 6.03 Å². The molecule has 1 unspecified atom stereocenters. The van der Waals surface area contributed by atoms with Gasteiger partial charge < -0.3 is 15.5 Å². The number of likely N-dealkylation sites (tertiary alicyclic amines) is 1. The first-order valence-electron chi connectivity index (χ1n) is 7.11. The van der Waals surface area contributed by atoms with E-state index < -0.39 is 0 Å². The topological polar surface area (TPSA) is 61.4 Å². The van der Waals surface area contributed by atoms with Crippen molar-refractivity contribution in [2.75, 3.05) is 11.9 Å². The van der Waals surface area contributed by atoms with E-state index in [4.69, 9.17) is 0 Å². The zero-order chi connectivity index (χ0) is 15.4. The highest BCUT2D eigenvalue weighted by atomic mass is 79.9. The van der Waals surface area contributed by atoms with Crippen molar-refractivity contribution in [3.8, 4) is 0 Å². The molecule has 0 spiro atoms. The van der Waals surface area contributed by atoms with Gasteiger partial charge in [-0.2, -0.15) is 0 Å². The normalized spacial score (nSPS) is 17.9. The summed E-state index contributed by atoms with van der Waals surface area (Å²) in [5, 5.41) is 5.71. The number of benzene rings is 1. The molecule has 0 saturated carbocycles. The lowest BCUT2D eigenvalue weighted by atomic mass is 10.2. The molecule has 1 saturated heterocycles. The summed E-state index contributed by atoms with van der Waals surface area (Å²) in [6.07, 6.45) is 1.57. The van der Waals surface area contributed by atoms with Crippen molar-refractivity contribution in [2.24, 2.45) is 0 Å². The molecule has 114 valence electrons. The predicted molar refractivity (Wildman–Crippen MR) is 86.2 cm³/mol. The summed E-state index contributed by atoms with van der Waals surface area (Å²) >= 11 is 3.35. The van der Waals surface area contributed by atoms with Crippen molar-refractivity contribution >= 4 is 33.6 Å². The molecule has 1 aliphatic rings. The number of rotatable bonds is 3. The molecule has 1 fully saturated rings. The maximum absolute atomic E-state index is 12.3. The minimum absolute atomic E-state index is 0.0755. The van der Waals surface area contributed by atoms with Crippen molar-refractivity contribution in [2.45, 2.75) is 38.8 Å². The molecule has 1 aromatic rings. The highest BCUT2D eigenvalue weighted by Gasteiger charge is 2.34. The zero-order valence-corrected chi connectivity index (χ0v) is 13.8. The van der Waals surface area contributed by atoms with Crippen molar-refractivity contribution < 1.29 is 9.59 Å². The Kier molecular flexibility index (Phi) is 5.22. The Balaban J connectivity index is 2.00. The molecule has 0 aromatic heterocycles. The van der Waals surface area contributed by atoms with Crippen LogP contribution in [0.15, 0.2) is 28.7 Å². The second kappa shape index (κ2) is 6.93. The summed E-state index contributed by atoms with van der Waals surface area (Å²) in [5.74, 6) is -0.0755. The summed E-state index contributed by atoms with van der Waals surface area (Å²) < 4.78 is 0.954.